The summed E-state index contributed by atoms with van der Waals surface area (Å²) in [7, 11) is 0. The molecular formula is C21H20N4OS2. The molecular weight excluding hydrogens is 388 g/mol. The fourth-order valence-electron chi connectivity index (χ4n) is 3.14. The van der Waals surface area contributed by atoms with Crippen molar-refractivity contribution in [1.29, 1.82) is 0 Å². The molecule has 28 heavy (non-hydrogen) atoms. The minimum Gasteiger partial charge on any atom is -0.324 e. The standard InChI is InChI=1S/C21H20N4OS2/c1-13-12-19-23-24-21(25(19)17-10-6-4-8-15(13)17)28-14(2)20(26)22-16-9-5-7-11-18(16)27-3/h4-12,14H,1-3H3,(H,22,26). The van der Waals surface area contributed by atoms with Crippen LogP contribution < -0.4 is 5.32 Å². The Morgan fingerprint density at radius 2 is 1.86 bits per heavy atom. The maximum absolute atomic E-state index is 12.8. The second kappa shape index (κ2) is 7.85. The molecule has 1 unspecified atom stereocenters. The summed E-state index contributed by atoms with van der Waals surface area (Å²) in [5.74, 6) is -0.0559. The number of amides is 1. The minimum atomic E-state index is -0.317. The molecule has 0 radical (unpaired) electrons. The van der Waals surface area contributed by atoms with Gasteiger partial charge in [-0.05, 0) is 49.9 Å². The summed E-state index contributed by atoms with van der Waals surface area (Å²) < 4.78 is 2.02. The lowest BCUT2D eigenvalue weighted by Gasteiger charge is -2.14. The first-order valence-electron chi connectivity index (χ1n) is 8.92. The van der Waals surface area contributed by atoms with E-state index in [0.29, 0.717) is 5.16 Å². The number of carbonyl (C=O) groups excluding carboxylic acids is 1. The molecule has 2 aromatic carbocycles. The second-order valence-corrected chi connectivity index (χ2v) is 8.63. The number of para-hydroxylation sites is 2. The summed E-state index contributed by atoms with van der Waals surface area (Å²) in [5, 5.41) is 13.2. The number of aromatic nitrogens is 3. The highest BCUT2D eigenvalue weighted by Gasteiger charge is 2.20. The summed E-state index contributed by atoms with van der Waals surface area (Å²) in [4.78, 5) is 13.8. The number of benzene rings is 2. The van der Waals surface area contributed by atoms with Crippen LogP contribution in [-0.2, 0) is 4.79 Å². The molecule has 1 amide bonds. The molecule has 1 atom stereocenters. The number of carbonyl (C=O) groups is 1. The van der Waals surface area contributed by atoms with Crippen LogP contribution in [0, 0.1) is 6.92 Å². The van der Waals surface area contributed by atoms with Gasteiger partial charge in [0, 0.05) is 10.3 Å². The van der Waals surface area contributed by atoms with Gasteiger partial charge in [0.1, 0.15) is 0 Å². The van der Waals surface area contributed by atoms with Crippen LogP contribution >= 0.6 is 23.5 Å². The predicted octanol–water partition coefficient (Wildman–Crippen LogP) is 5.03. The average Bonchev–Trinajstić information content (AvgIpc) is 3.11. The van der Waals surface area contributed by atoms with Crippen molar-refractivity contribution in [1.82, 2.24) is 14.6 Å². The van der Waals surface area contributed by atoms with E-state index in [2.05, 4.69) is 34.6 Å². The van der Waals surface area contributed by atoms with E-state index in [1.165, 1.54) is 11.8 Å². The minimum absolute atomic E-state index is 0.0559. The van der Waals surface area contributed by atoms with Gasteiger partial charge in [0.05, 0.1) is 16.5 Å². The van der Waals surface area contributed by atoms with Crippen LogP contribution in [0.25, 0.3) is 16.6 Å². The summed E-state index contributed by atoms with van der Waals surface area (Å²) in [6, 6.07) is 18.0. The maximum Gasteiger partial charge on any atom is 0.237 e. The number of thioether (sulfide) groups is 2. The molecule has 0 saturated carbocycles. The van der Waals surface area contributed by atoms with Gasteiger partial charge in [-0.2, -0.15) is 0 Å². The first-order chi connectivity index (χ1) is 13.6. The second-order valence-electron chi connectivity index (χ2n) is 6.47. The van der Waals surface area contributed by atoms with Crippen molar-refractivity contribution in [3.8, 4) is 0 Å². The highest BCUT2D eigenvalue weighted by Crippen LogP contribution is 2.29. The van der Waals surface area contributed by atoms with Crippen LogP contribution in [-0.4, -0.2) is 32.0 Å². The molecule has 0 spiro atoms. The summed E-state index contributed by atoms with van der Waals surface area (Å²) >= 11 is 3.02. The number of rotatable bonds is 5. The Morgan fingerprint density at radius 1 is 1.11 bits per heavy atom. The van der Waals surface area contributed by atoms with Crippen LogP contribution in [0.1, 0.15) is 12.5 Å². The highest BCUT2D eigenvalue weighted by atomic mass is 32.2. The molecule has 4 aromatic rings. The number of hydrogen-bond donors (Lipinski definition) is 1. The summed E-state index contributed by atoms with van der Waals surface area (Å²) in [6.45, 7) is 3.96. The van der Waals surface area contributed by atoms with Crippen molar-refractivity contribution in [2.45, 2.75) is 29.1 Å². The van der Waals surface area contributed by atoms with E-state index < -0.39 is 0 Å². The van der Waals surface area contributed by atoms with Gasteiger partial charge in [0.25, 0.3) is 0 Å². The van der Waals surface area contributed by atoms with Gasteiger partial charge in [0.15, 0.2) is 10.8 Å². The Bertz CT molecular complexity index is 1170. The topological polar surface area (TPSA) is 59.3 Å². The average molecular weight is 409 g/mol. The normalized spacial score (nSPS) is 12.4. The molecule has 0 aliphatic rings. The summed E-state index contributed by atoms with van der Waals surface area (Å²) in [5.41, 5.74) is 3.83. The van der Waals surface area contributed by atoms with E-state index in [1.807, 2.05) is 60.0 Å². The van der Waals surface area contributed by atoms with Gasteiger partial charge >= 0.3 is 0 Å². The van der Waals surface area contributed by atoms with E-state index >= 15 is 0 Å². The number of pyridine rings is 1. The van der Waals surface area contributed by atoms with Gasteiger partial charge in [-0.25, -0.2) is 0 Å². The molecule has 4 rings (SSSR count). The van der Waals surface area contributed by atoms with Crippen molar-refractivity contribution in [2.24, 2.45) is 0 Å². The number of nitrogens with zero attached hydrogens (tertiary/aromatic N) is 3. The zero-order chi connectivity index (χ0) is 19.7. The lowest BCUT2D eigenvalue weighted by Crippen LogP contribution is -2.23. The maximum atomic E-state index is 12.8. The Labute approximate surface area is 171 Å². The molecule has 0 aliphatic heterocycles. The smallest absolute Gasteiger partial charge is 0.237 e. The van der Waals surface area contributed by atoms with E-state index in [9.17, 15) is 4.79 Å². The molecule has 1 N–H and O–H groups in total. The number of anilines is 1. The molecule has 0 fully saturated rings. The Morgan fingerprint density at radius 3 is 2.68 bits per heavy atom. The zero-order valence-corrected chi connectivity index (χ0v) is 17.5. The molecule has 0 saturated heterocycles. The van der Waals surface area contributed by atoms with E-state index in [1.54, 1.807) is 11.8 Å². The Kier molecular flexibility index (Phi) is 5.28. The van der Waals surface area contributed by atoms with Crippen molar-refractivity contribution >= 4 is 51.7 Å². The van der Waals surface area contributed by atoms with Crippen LogP contribution in [0.4, 0.5) is 5.69 Å². The summed E-state index contributed by atoms with van der Waals surface area (Å²) in [6.07, 6.45) is 2.00. The third-order valence-electron chi connectivity index (χ3n) is 4.59. The molecule has 7 heteroatoms. The van der Waals surface area contributed by atoms with E-state index in [0.717, 1.165) is 32.7 Å². The van der Waals surface area contributed by atoms with Crippen LogP contribution in [0.5, 0.6) is 0 Å². The Hall–Kier alpha value is -2.51. The van der Waals surface area contributed by atoms with Crippen LogP contribution in [0.3, 0.4) is 0 Å². The van der Waals surface area contributed by atoms with Crippen LogP contribution in [0.15, 0.2) is 64.6 Å². The zero-order valence-electron chi connectivity index (χ0n) is 15.8. The molecule has 0 aliphatic carbocycles. The third kappa shape index (κ3) is 3.47. The highest BCUT2D eigenvalue weighted by molar-refractivity contribution is 8.00. The van der Waals surface area contributed by atoms with Gasteiger partial charge in [-0.1, -0.05) is 42.1 Å². The van der Waals surface area contributed by atoms with E-state index in [4.69, 9.17) is 0 Å². The number of fused-ring (bicyclic) bond motifs is 3. The van der Waals surface area contributed by atoms with Crippen molar-refractivity contribution in [3.05, 3.63) is 60.2 Å². The van der Waals surface area contributed by atoms with Crippen molar-refractivity contribution in [2.75, 3.05) is 11.6 Å². The third-order valence-corrected chi connectivity index (χ3v) is 6.43. The molecule has 0 bridgehead atoms. The molecule has 2 aromatic heterocycles. The van der Waals surface area contributed by atoms with Crippen LogP contribution in [0.2, 0.25) is 0 Å². The Balaban J connectivity index is 1.63. The fourth-order valence-corrected chi connectivity index (χ4v) is 4.57. The van der Waals surface area contributed by atoms with Gasteiger partial charge < -0.3 is 5.32 Å². The van der Waals surface area contributed by atoms with Gasteiger partial charge in [0.2, 0.25) is 5.91 Å². The lowest BCUT2D eigenvalue weighted by molar-refractivity contribution is -0.115. The van der Waals surface area contributed by atoms with Gasteiger partial charge in [-0.3, -0.25) is 9.20 Å². The SMILES string of the molecule is CSc1ccccc1NC(=O)C(C)Sc1nnc2cc(C)c3ccccc3n12. The van der Waals surface area contributed by atoms with Gasteiger partial charge in [-0.15, -0.1) is 22.0 Å². The first-order valence-corrected chi connectivity index (χ1v) is 11.0. The lowest BCUT2D eigenvalue weighted by atomic mass is 10.1. The molecule has 2 heterocycles. The number of aryl methyl sites for hydroxylation is 1. The monoisotopic (exact) mass is 408 g/mol. The molecule has 5 nitrogen and oxygen atoms in total. The predicted molar refractivity (Wildman–Crippen MR) is 117 cm³/mol. The molecule has 142 valence electrons. The van der Waals surface area contributed by atoms with Crippen molar-refractivity contribution < 1.29 is 4.79 Å². The fraction of sp³-hybridized carbons (Fsp3) is 0.190. The van der Waals surface area contributed by atoms with Crippen molar-refractivity contribution in [3.63, 3.8) is 0 Å². The largest absolute Gasteiger partial charge is 0.324 e. The quantitative estimate of drug-likeness (QED) is 0.469. The number of nitrogens with one attached hydrogen (secondary N) is 1. The first kappa shape index (κ1) is 18.8. The number of hydrogen-bond acceptors (Lipinski definition) is 5. The van der Waals surface area contributed by atoms with E-state index in [-0.39, 0.29) is 11.2 Å².